The third kappa shape index (κ3) is 1.06. The third-order valence-electron chi connectivity index (χ3n) is 1.80. The van der Waals surface area contributed by atoms with E-state index < -0.39 is 0 Å². The smallest absolute Gasteiger partial charge is 0.142 e. The Labute approximate surface area is 74.8 Å². The molecule has 62 valence electrons. The molecule has 0 atom stereocenters. The Morgan fingerprint density at radius 2 is 2.25 bits per heavy atom. The molecule has 12 heavy (non-hydrogen) atoms. The molecule has 2 aromatic heterocycles. The van der Waals surface area contributed by atoms with Gasteiger partial charge < -0.3 is 4.52 Å². The molecule has 2 heterocycles. The average molecular weight is 179 g/mol. The van der Waals surface area contributed by atoms with Gasteiger partial charge in [0.05, 0.1) is 11.3 Å². The van der Waals surface area contributed by atoms with E-state index in [1.165, 1.54) is 4.88 Å². The van der Waals surface area contributed by atoms with E-state index >= 15 is 0 Å². The van der Waals surface area contributed by atoms with Crippen LogP contribution in [0.2, 0.25) is 0 Å². The summed E-state index contributed by atoms with van der Waals surface area (Å²) in [5.41, 5.74) is 2.11. The van der Waals surface area contributed by atoms with Crippen LogP contribution < -0.4 is 0 Å². The first-order valence-electron chi connectivity index (χ1n) is 3.76. The summed E-state index contributed by atoms with van der Waals surface area (Å²) >= 11 is 1.71. The highest BCUT2D eigenvalue weighted by atomic mass is 32.1. The summed E-state index contributed by atoms with van der Waals surface area (Å²) in [7, 11) is 0. The molecule has 0 aliphatic heterocycles. The van der Waals surface area contributed by atoms with Crippen molar-refractivity contribution in [3.05, 3.63) is 29.0 Å². The number of aromatic nitrogens is 1. The molecule has 0 spiro atoms. The lowest BCUT2D eigenvalue weighted by Gasteiger charge is -1.92. The summed E-state index contributed by atoms with van der Waals surface area (Å²) < 4.78 is 5.08. The van der Waals surface area contributed by atoms with Crippen molar-refractivity contribution >= 4 is 11.3 Å². The molecule has 0 saturated carbocycles. The van der Waals surface area contributed by atoms with E-state index in [1.807, 2.05) is 19.9 Å². The number of nitrogens with zero attached hydrogens (tertiary/aromatic N) is 1. The minimum atomic E-state index is 0.898. The molecule has 2 aromatic rings. The van der Waals surface area contributed by atoms with Gasteiger partial charge in [-0.15, -0.1) is 11.3 Å². The summed E-state index contributed by atoms with van der Waals surface area (Å²) in [5.74, 6) is 0.898. The molecule has 0 N–H and O–H groups in total. The van der Waals surface area contributed by atoms with E-state index in [1.54, 1.807) is 11.3 Å². The van der Waals surface area contributed by atoms with Crippen LogP contribution in [0.25, 0.3) is 10.4 Å². The highest BCUT2D eigenvalue weighted by Gasteiger charge is 2.11. The Balaban J connectivity index is 2.60. The Morgan fingerprint density at radius 1 is 1.42 bits per heavy atom. The maximum Gasteiger partial charge on any atom is 0.142 e. The normalized spacial score (nSPS) is 10.5. The van der Waals surface area contributed by atoms with E-state index in [2.05, 4.69) is 16.6 Å². The van der Waals surface area contributed by atoms with Gasteiger partial charge in [-0.2, -0.15) is 0 Å². The van der Waals surface area contributed by atoms with Crippen LogP contribution in [0.1, 0.15) is 11.5 Å². The molecule has 2 rings (SSSR count). The molecular formula is C9H9NOS. The molecule has 3 heteroatoms. The second-order valence-electron chi connectivity index (χ2n) is 2.68. The Morgan fingerprint density at radius 3 is 2.75 bits per heavy atom. The maximum absolute atomic E-state index is 5.08. The number of hydrogen-bond donors (Lipinski definition) is 0. The van der Waals surface area contributed by atoms with Crippen molar-refractivity contribution in [3.63, 3.8) is 0 Å². The lowest BCUT2D eigenvalue weighted by molar-refractivity contribution is 0.393. The van der Waals surface area contributed by atoms with E-state index in [0.29, 0.717) is 0 Å². The molecule has 0 aliphatic rings. The molecule has 0 aliphatic carbocycles. The van der Waals surface area contributed by atoms with Crippen molar-refractivity contribution in [2.24, 2.45) is 0 Å². The lowest BCUT2D eigenvalue weighted by Crippen LogP contribution is -1.75. The Kier molecular flexibility index (Phi) is 1.73. The molecule has 0 saturated heterocycles. The van der Waals surface area contributed by atoms with Gasteiger partial charge in [-0.3, -0.25) is 0 Å². The van der Waals surface area contributed by atoms with Crippen LogP contribution in [-0.4, -0.2) is 5.16 Å². The van der Waals surface area contributed by atoms with E-state index in [9.17, 15) is 0 Å². The first kappa shape index (κ1) is 7.55. The van der Waals surface area contributed by atoms with Gasteiger partial charge in [-0.05, 0) is 25.3 Å². The van der Waals surface area contributed by atoms with E-state index in [4.69, 9.17) is 4.52 Å². The predicted molar refractivity (Wildman–Crippen MR) is 49.3 cm³/mol. The molecule has 0 bridgehead atoms. The van der Waals surface area contributed by atoms with Crippen molar-refractivity contribution in [2.45, 2.75) is 13.8 Å². The SMILES string of the molecule is Cc1noc(C)c1-c1cccs1. The second kappa shape index (κ2) is 2.75. The van der Waals surface area contributed by atoms with Crippen LogP contribution in [0.5, 0.6) is 0 Å². The van der Waals surface area contributed by atoms with Crippen LogP contribution >= 0.6 is 11.3 Å². The van der Waals surface area contributed by atoms with Gasteiger partial charge in [0.25, 0.3) is 0 Å². The molecular weight excluding hydrogens is 170 g/mol. The van der Waals surface area contributed by atoms with Gasteiger partial charge in [0.15, 0.2) is 0 Å². The van der Waals surface area contributed by atoms with E-state index in [0.717, 1.165) is 17.0 Å². The van der Waals surface area contributed by atoms with Crippen molar-refractivity contribution < 1.29 is 4.52 Å². The number of rotatable bonds is 1. The molecule has 0 aromatic carbocycles. The summed E-state index contributed by atoms with van der Waals surface area (Å²) in [5, 5.41) is 5.96. The second-order valence-corrected chi connectivity index (χ2v) is 3.62. The van der Waals surface area contributed by atoms with Crippen LogP contribution in [0, 0.1) is 13.8 Å². The summed E-state index contributed by atoms with van der Waals surface area (Å²) in [6.45, 7) is 3.90. The summed E-state index contributed by atoms with van der Waals surface area (Å²) in [6.07, 6.45) is 0. The third-order valence-corrected chi connectivity index (χ3v) is 2.69. The van der Waals surface area contributed by atoms with Crippen molar-refractivity contribution in [1.82, 2.24) is 5.16 Å². The van der Waals surface area contributed by atoms with Gasteiger partial charge in [-0.25, -0.2) is 0 Å². The summed E-state index contributed by atoms with van der Waals surface area (Å²) in [4.78, 5) is 1.23. The topological polar surface area (TPSA) is 26.0 Å². The van der Waals surface area contributed by atoms with E-state index in [-0.39, 0.29) is 0 Å². The molecule has 2 nitrogen and oxygen atoms in total. The van der Waals surface area contributed by atoms with Gasteiger partial charge in [-0.1, -0.05) is 11.2 Å². The zero-order chi connectivity index (χ0) is 8.55. The molecule has 0 unspecified atom stereocenters. The highest BCUT2D eigenvalue weighted by molar-refractivity contribution is 7.13. The highest BCUT2D eigenvalue weighted by Crippen LogP contribution is 2.30. The van der Waals surface area contributed by atoms with Crippen LogP contribution in [-0.2, 0) is 0 Å². The minimum absolute atomic E-state index is 0.898. The lowest BCUT2D eigenvalue weighted by atomic mass is 10.2. The number of aryl methyl sites for hydroxylation is 2. The number of hydrogen-bond acceptors (Lipinski definition) is 3. The molecule has 0 fully saturated rings. The fraction of sp³-hybridized carbons (Fsp3) is 0.222. The van der Waals surface area contributed by atoms with Crippen LogP contribution in [0.15, 0.2) is 22.0 Å². The van der Waals surface area contributed by atoms with Gasteiger partial charge in [0.1, 0.15) is 5.76 Å². The predicted octanol–water partition coefficient (Wildman–Crippen LogP) is 3.02. The van der Waals surface area contributed by atoms with Gasteiger partial charge in [0.2, 0.25) is 0 Å². The fourth-order valence-corrected chi connectivity index (χ4v) is 2.13. The van der Waals surface area contributed by atoms with Crippen LogP contribution in [0.4, 0.5) is 0 Å². The zero-order valence-electron chi connectivity index (χ0n) is 7.00. The number of thiophene rings is 1. The maximum atomic E-state index is 5.08. The van der Waals surface area contributed by atoms with Crippen molar-refractivity contribution in [1.29, 1.82) is 0 Å². The summed E-state index contributed by atoms with van der Waals surface area (Å²) in [6, 6.07) is 4.11. The zero-order valence-corrected chi connectivity index (χ0v) is 7.81. The van der Waals surface area contributed by atoms with Gasteiger partial charge in [0, 0.05) is 4.88 Å². The quantitative estimate of drug-likeness (QED) is 0.672. The first-order chi connectivity index (χ1) is 5.79. The van der Waals surface area contributed by atoms with Crippen LogP contribution in [0.3, 0.4) is 0 Å². The fourth-order valence-electron chi connectivity index (χ4n) is 1.26. The minimum Gasteiger partial charge on any atom is -0.361 e. The average Bonchev–Trinajstić information content (AvgIpc) is 2.61. The Hall–Kier alpha value is -1.09. The standard InChI is InChI=1S/C9H9NOS/c1-6-9(7(2)11-10-6)8-4-3-5-12-8/h3-5H,1-2H3. The van der Waals surface area contributed by atoms with Crippen molar-refractivity contribution in [3.8, 4) is 10.4 Å². The van der Waals surface area contributed by atoms with Crippen molar-refractivity contribution in [2.75, 3.05) is 0 Å². The molecule has 0 radical (unpaired) electrons. The largest absolute Gasteiger partial charge is 0.361 e. The first-order valence-corrected chi connectivity index (χ1v) is 4.64. The molecule has 0 amide bonds. The Bertz CT molecular complexity index is 356. The monoisotopic (exact) mass is 179 g/mol. The van der Waals surface area contributed by atoms with Gasteiger partial charge >= 0.3 is 0 Å².